The third-order valence-electron chi connectivity index (χ3n) is 3.24. The average molecular weight is 328 g/mol. The summed E-state index contributed by atoms with van der Waals surface area (Å²) < 4.78 is 0. The lowest BCUT2D eigenvalue weighted by Crippen LogP contribution is -2.37. The lowest BCUT2D eigenvalue weighted by molar-refractivity contribution is -0.133. The molecule has 0 bridgehead atoms. The van der Waals surface area contributed by atoms with Crippen molar-refractivity contribution in [1.29, 1.82) is 0 Å². The summed E-state index contributed by atoms with van der Waals surface area (Å²) in [6.45, 7) is 7.73. The first-order valence-corrected chi connectivity index (χ1v) is 7.08. The van der Waals surface area contributed by atoms with Gasteiger partial charge in [-0.05, 0) is 38.8 Å². The van der Waals surface area contributed by atoms with E-state index in [1.54, 1.807) is 14.0 Å². The third-order valence-corrected chi connectivity index (χ3v) is 3.24. The van der Waals surface area contributed by atoms with E-state index in [0.29, 0.717) is 0 Å². The normalized spacial score (nSPS) is 11.4. The SMILES string of the molecule is Cc1cc(C)c(NC(=O)CN(C)C(=O)CC(C)N)c(C)c1.Cl. The van der Waals surface area contributed by atoms with E-state index in [4.69, 9.17) is 5.73 Å². The van der Waals surface area contributed by atoms with Crippen LogP contribution in [0, 0.1) is 20.8 Å². The number of hydrogen-bond donors (Lipinski definition) is 2. The number of carbonyl (C=O) groups is 2. The fraction of sp³-hybridized carbons (Fsp3) is 0.500. The minimum absolute atomic E-state index is 0. The summed E-state index contributed by atoms with van der Waals surface area (Å²) in [4.78, 5) is 25.3. The molecule has 1 rings (SSSR count). The highest BCUT2D eigenvalue weighted by Crippen LogP contribution is 2.21. The molecule has 124 valence electrons. The molecule has 0 radical (unpaired) electrons. The van der Waals surface area contributed by atoms with Crippen LogP contribution in [0.25, 0.3) is 0 Å². The van der Waals surface area contributed by atoms with Gasteiger partial charge in [0, 0.05) is 25.2 Å². The molecule has 2 amide bonds. The van der Waals surface area contributed by atoms with Gasteiger partial charge in [0.25, 0.3) is 0 Å². The molecule has 5 nitrogen and oxygen atoms in total. The monoisotopic (exact) mass is 327 g/mol. The van der Waals surface area contributed by atoms with Crippen LogP contribution >= 0.6 is 12.4 Å². The summed E-state index contributed by atoms with van der Waals surface area (Å²) >= 11 is 0. The van der Waals surface area contributed by atoms with Crippen molar-refractivity contribution < 1.29 is 9.59 Å². The highest BCUT2D eigenvalue weighted by molar-refractivity contribution is 5.95. The van der Waals surface area contributed by atoms with Gasteiger partial charge < -0.3 is 16.0 Å². The number of nitrogens with one attached hydrogen (secondary N) is 1. The van der Waals surface area contributed by atoms with Gasteiger partial charge in [0.15, 0.2) is 0 Å². The molecule has 0 spiro atoms. The van der Waals surface area contributed by atoms with E-state index in [0.717, 1.165) is 22.4 Å². The molecule has 1 aromatic rings. The molecule has 1 atom stereocenters. The molecular weight excluding hydrogens is 302 g/mol. The summed E-state index contributed by atoms with van der Waals surface area (Å²) in [6, 6.07) is 3.84. The number of hydrogen-bond acceptors (Lipinski definition) is 3. The molecule has 0 aliphatic carbocycles. The van der Waals surface area contributed by atoms with Crippen molar-refractivity contribution in [3.8, 4) is 0 Å². The fourth-order valence-electron chi connectivity index (χ4n) is 2.29. The van der Waals surface area contributed by atoms with Crippen LogP contribution < -0.4 is 11.1 Å². The molecule has 0 aromatic heterocycles. The summed E-state index contributed by atoms with van der Waals surface area (Å²) in [6.07, 6.45) is 0.242. The van der Waals surface area contributed by atoms with Crippen LogP contribution in [0.1, 0.15) is 30.0 Å². The number of amides is 2. The van der Waals surface area contributed by atoms with Gasteiger partial charge in [-0.1, -0.05) is 17.7 Å². The standard InChI is InChI=1S/C16H25N3O2.ClH/c1-10-6-11(2)16(12(3)7-10)18-14(20)9-19(5)15(21)8-13(4)17;/h6-7,13H,8-9,17H2,1-5H3,(H,18,20);1H. The van der Waals surface area contributed by atoms with Crippen molar-refractivity contribution in [2.24, 2.45) is 5.73 Å². The van der Waals surface area contributed by atoms with E-state index in [2.05, 4.69) is 5.32 Å². The highest BCUT2D eigenvalue weighted by atomic mass is 35.5. The smallest absolute Gasteiger partial charge is 0.243 e. The second kappa shape index (κ2) is 8.76. The molecule has 1 unspecified atom stereocenters. The van der Waals surface area contributed by atoms with Gasteiger partial charge >= 0.3 is 0 Å². The van der Waals surface area contributed by atoms with E-state index in [-0.39, 0.29) is 43.2 Å². The Morgan fingerprint density at radius 1 is 1.23 bits per heavy atom. The van der Waals surface area contributed by atoms with Gasteiger partial charge in [-0.25, -0.2) is 0 Å². The largest absolute Gasteiger partial charge is 0.336 e. The maximum absolute atomic E-state index is 12.1. The zero-order valence-electron chi connectivity index (χ0n) is 13.9. The predicted molar refractivity (Wildman–Crippen MR) is 92.4 cm³/mol. The quantitative estimate of drug-likeness (QED) is 0.870. The van der Waals surface area contributed by atoms with Crippen LogP contribution in [0.5, 0.6) is 0 Å². The van der Waals surface area contributed by atoms with E-state index >= 15 is 0 Å². The molecule has 0 heterocycles. The maximum atomic E-state index is 12.1. The van der Waals surface area contributed by atoms with Gasteiger partial charge in [-0.2, -0.15) is 0 Å². The lowest BCUT2D eigenvalue weighted by atomic mass is 10.1. The average Bonchev–Trinajstić information content (AvgIpc) is 2.32. The van der Waals surface area contributed by atoms with Crippen LogP contribution in [-0.4, -0.2) is 36.3 Å². The molecule has 0 saturated carbocycles. The number of aryl methyl sites for hydroxylation is 3. The number of nitrogens with two attached hydrogens (primary N) is 1. The first kappa shape index (κ1) is 20.4. The minimum Gasteiger partial charge on any atom is -0.336 e. The van der Waals surface area contributed by atoms with E-state index in [9.17, 15) is 9.59 Å². The van der Waals surface area contributed by atoms with Crippen molar-refractivity contribution in [3.63, 3.8) is 0 Å². The van der Waals surface area contributed by atoms with Crippen LogP contribution in [0.15, 0.2) is 12.1 Å². The number of benzene rings is 1. The summed E-state index contributed by atoms with van der Waals surface area (Å²) in [5.74, 6) is -0.330. The lowest BCUT2D eigenvalue weighted by Gasteiger charge is -2.19. The molecular formula is C16H26ClN3O2. The Morgan fingerprint density at radius 3 is 2.18 bits per heavy atom. The molecule has 0 aliphatic rings. The van der Waals surface area contributed by atoms with Crippen molar-refractivity contribution in [2.45, 2.75) is 40.2 Å². The van der Waals surface area contributed by atoms with Gasteiger partial charge in [0.05, 0.1) is 6.54 Å². The first-order valence-electron chi connectivity index (χ1n) is 7.08. The van der Waals surface area contributed by atoms with Gasteiger partial charge in [-0.3, -0.25) is 9.59 Å². The van der Waals surface area contributed by atoms with Crippen molar-refractivity contribution >= 4 is 29.9 Å². The summed E-state index contributed by atoms with van der Waals surface area (Å²) in [5.41, 5.74) is 9.61. The fourth-order valence-corrected chi connectivity index (χ4v) is 2.29. The number of anilines is 1. The van der Waals surface area contributed by atoms with Crippen molar-refractivity contribution in [3.05, 3.63) is 28.8 Å². The third kappa shape index (κ3) is 6.03. The second-order valence-electron chi connectivity index (χ2n) is 5.75. The number of rotatable bonds is 5. The Bertz CT molecular complexity index is 521. The Morgan fingerprint density at radius 2 is 1.73 bits per heavy atom. The molecule has 22 heavy (non-hydrogen) atoms. The van der Waals surface area contributed by atoms with E-state index < -0.39 is 0 Å². The molecule has 0 saturated heterocycles. The summed E-state index contributed by atoms with van der Waals surface area (Å²) in [5, 5.41) is 2.88. The first-order chi connectivity index (χ1) is 9.70. The van der Waals surface area contributed by atoms with Crippen LogP contribution in [0.3, 0.4) is 0 Å². The van der Waals surface area contributed by atoms with E-state index in [1.165, 1.54) is 4.90 Å². The maximum Gasteiger partial charge on any atom is 0.243 e. The molecule has 0 aliphatic heterocycles. The Kier molecular flexibility index (Phi) is 8.12. The molecule has 6 heteroatoms. The number of halogens is 1. The van der Waals surface area contributed by atoms with E-state index in [1.807, 2.05) is 32.9 Å². The van der Waals surface area contributed by atoms with Gasteiger partial charge in [-0.15, -0.1) is 12.4 Å². The highest BCUT2D eigenvalue weighted by Gasteiger charge is 2.15. The Hall–Kier alpha value is -1.59. The zero-order valence-corrected chi connectivity index (χ0v) is 14.7. The van der Waals surface area contributed by atoms with Crippen LogP contribution in [-0.2, 0) is 9.59 Å². The van der Waals surface area contributed by atoms with Crippen LogP contribution in [0.2, 0.25) is 0 Å². The Balaban J connectivity index is 0.00000441. The topological polar surface area (TPSA) is 75.4 Å². The summed E-state index contributed by atoms with van der Waals surface area (Å²) in [7, 11) is 1.61. The molecule has 3 N–H and O–H groups in total. The number of carbonyl (C=O) groups excluding carboxylic acids is 2. The second-order valence-corrected chi connectivity index (χ2v) is 5.75. The molecule has 1 aromatic carbocycles. The zero-order chi connectivity index (χ0) is 16.2. The minimum atomic E-state index is -0.204. The van der Waals surface area contributed by atoms with Gasteiger partial charge in [0.2, 0.25) is 11.8 Å². The van der Waals surface area contributed by atoms with Crippen molar-refractivity contribution in [2.75, 3.05) is 18.9 Å². The number of nitrogens with zero attached hydrogens (tertiary/aromatic N) is 1. The predicted octanol–water partition coefficient (Wildman–Crippen LogP) is 2.17. The Labute approximate surface area is 138 Å². The van der Waals surface area contributed by atoms with Gasteiger partial charge in [0.1, 0.15) is 0 Å². The molecule has 0 fully saturated rings. The van der Waals surface area contributed by atoms with Crippen LogP contribution in [0.4, 0.5) is 5.69 Å². The number of likely N-dealkylation sites (N-methyl/N-ethyl adjacent to an activating group) is 1. The van der Waals surface area contributed by atoms with Crippen molar-refractivity contribution in [1.82, 2.24) is 4.90 Å².